The second-order valence-corrected chi connectivity index (χ2v) is 6.13. The number of hydrogen-bond acceptors (Lipinski definition) is 3. The number of carbonyl (C=O) groups is 2. The standard InChI is InChI=1S/C16H21F3N4O3/c1-9(21-14(25)20-8-13(24)16(17,18)19)10-2-4-11(5-3-10)22-15(26)23-12-6-7-12/h2-5,9,12-13,24H,6-8H2,1H3,(H2,20,21,25)(H2,22,23,26)/t9-,13+/m1/s1. The van der Waals surface area contributed by atoms with E-state index in [1.807, 2.05) is 5.32 Å². The van der Waals surface area contributed by atoms with Crippen molar-refractivity contribution in [3.05, 3.63) is 29.8 Å². The monoisotopic (exact) mass is 374 g/mol. The number of anilines is 1. The molecule has 0 heterocycles. The highest BCUT2D eigenvalue weighted by Crippen LogP contribution is 2.20. The lowest BCUT2D eigenvalue weighted by atomic mass is 10.1. The van der Waals surface area contributed by atoms with E-state index in [1.165, 1.54) is 0 Å². The maximum absolute atomic E-state index is 12.2. The number of nitrogens with one attached hydrogen (secondary N) is 4. The fourth-order valence-corrected chi connectivity index (χ4v) is 2.07. The van der Waals surface area contributed by atoms with Gasteiger partial charge in [-0.1, -0.05) is 12.1 Å². The van der Waals surface area contributed by atoms with Crippen LogP contribution >= 0.6 is 0 Å². The topological polar surface area (TPSA) is 102 Å². The highest BCUT2D eigenvalue weighted by atomic mass is 19.4. The second-order valence-electron chi connectivity index (χ2n) is 6.13. The Kier molecular flexibility index (Phi) is 6.30. The summed E-state index contributed by atoms with van der Waals surface area (Å²) in [4.78, 5) is 23.2. The molecule has 0 saturated heterocycles. The normalized spacial score (nSPS) is 16.3. The van der Waals surface area contributed by atoms with Crippen LogP contribution in [-0.4, -0.2) is 42.0 Å². The first-order valence-electron chi connectivity index (χ1n) is 8.12. The third-order valence-electron chi connectivity index (χ3n) is 3.76. The lowest BCUT2D eigenvalue weighted by Crippen LogP contribution is -2.45. The molecule has 1 aromatic rings. The average molecular weight is 374 g/mol. The smallest absolute Gasteiger partial charge is 0.382 e. The molecule has 1 aliphatic carbocycles. The van der Waals surface area contributed by atoms with Crippen LogP contribution in [0, 0.1) is 0 Å². The SMILES string of the molecule is C[C@@H](NC(=O)NC[C@H](O)C(F)(F)F)c1ccc(NC(=O)NC2CC2)cc1. The predicted molar refractivity (Wildman–Crippen MR) is 88.6 cm³/mol. The molecule has 144 valence electrons. The van der Waals surface area contributed by atoms with Crippen LogP contribution < -0.4 is 21.3 Å². The van der Waals surface area contributed by atoms with Crippen molar-refractivity contribution < 1.29 is 27.9 Å². The van der Waals surface area contributed by atoms with Crippen LogP contribution in [0.3, 0.4) is 0 Å². The van der Waals surface area contributed by atoms with Crippen molar-refractivity contribution in [2.24, 2.45) is 0 Å². The number of alkyl halides is 3. The summed E-state index contributed by atoms with van der Waals surface area (Å²) in [6, 6.07) is 5.34. The van der Waals surface area contributed by atoms with Crippen molar-refractivity contribution in [3.8, 4) is 0 Å². The predicted octanol–water partition coefficient (Wildman–Crippen LogP) is 2.25. The Hall–Kier alpha value is -2.49. The molecule has 0 spiro atoms. The molecule has 26 heavy (non-hydrogen) atoms. The van der Waals surface area contributed by atoms with Gasteiger partial charge in [-0.2, -0.15) is 13.2 Å². The average Bonchev–Trinajstić information content (AvgIpc) is 3.36. The van der Waals surface area contributed by atoms with Crippen molar-refractivity contribution in [1.82, 2.24) is 16.0 Å². The number of rotatable bonds is 6. The summed E-state index contributed by atoms with van der Waals surface area (Å²) in [5, 5.41) is 18.7. The fraction of sp³-hybridized carbons (Fsp3) is 0.500. The van der Waals surface area contributed by atoms with Crippen LogP contribution in [0.1, 0.15) is 31.4 Å². The lowest BCUT2D eigenvalue weighted by Gasteiger charge is -2.18. The zero-order valence-electron chi connectivity index (χ0n) is 14.1. The zero-order valence-corrected chi connectivity index (χ0v) is 14.1. The van der Waals surface area contributed by atoms with E-state index in [0.717, 1.165) is 12.8 Å². The maximum Gasteiger partial charge on any atom is 0.416 e. The molecule has 4 amide bonds. The molecule has 0 bridgehead atoms. The van der Waals surface area contributed by atoms with Crippen LogP contribution in [0.4, 0.5) is 28.4 Å². The van der Waals surface area contributed by atoms with E-state index in [4.69, 9.17) is 5.11 Å². The first kappa shape index (κ1) is 19.8. The van der Waals surface area contributed by atoms with Gasteiger partial charge in [0.1, 0.15) is 0 Å². The largest absolute Gasteiger partial charge is 0.416 e. The molecule has 7 nitrogen and oxygen atoms in total. The van der Waals surface area contributed by atoms with Crippen molar-refractivity contribution >= 4 is 17.7 Å². The summed E-state index contributed by atoms with van der Waals surface area (Å²) < 4.78 is 36.5. The molecule has 0 aliphatic heterocycles. The number of benzene rings is 1. The first-order valence-corrected chi connectivity index (χ1v) is 8.12. The quantitative estimate of drug-likeness (QED) is 0.528. The Morgan fingerprint density at radius 2 is 1.81 bits per heavy atom. The summed E-state index contributed by atoms with van der Waals surface area (Å²) in [7, 11) is 0. The van der Waals surface area contributed by atoms with Gasteiger partial charge in [-0.25, -0.2) is 9.59 Å². The lowest BCUT2D eigenvalue weighted by molar-refractivity contribution is -0.201. The molecule has 1 fully saturated rings. The van der Waals surface area contributed by atoms with Gasteiger partial charge in [-0.15, -0.1) is 0 Å². The Balaban J connectivity index is 1.78. The summed E-state index contributed by atoms with van der Waals surface area (Å²) in [6.07, 6.45) is -5.43. The van der Waals surface area contributed by atoms with E-state index in [2.05, 4.69) is 16.0 Å². The minimum Gasteiger partial charge on any atom is -0.382 e. The second kappa shape index (κ2) is 8.26. The van der Waals surface area contributed by atoms with Gasteiger partial charge in [0.25, 0.3) is 0 Å². The third-order valence-corrected chi connectivity index (χ3v) is 3.76. The minimum absolute atomic E-state index is 0.243. The Bertz CT molecular complexity index is 633. The molecule has 10 heteroatoms. The number of aliphatic hydroxyl groups is 1. The number of aliphatic hydroxyl groups excluding tert-OH is 1. The van der Waals surface area contributed by atoms with E-state index in [1.54, 1.807) is 31.2 Å². The number of urea groups is 2. The highest BCUT2D eigenvalue weighted by molar-refractivity contribution is 5.89. The van der Waals surface area contributed by atoms with Gasteiger partial charge in [0.05, 0.1) is 12.6 Å². The Labute approximate surface area is 148 Å². The number of halogens is 3. The van der Waals surface area contributed by atoms with Gasteiger partial charge >= 0.3 is 18.2 Å². The molecule has 2 atom stereocenters. The summed E-state index contributed by atoms with van der Waals surface area (Å²) >= 11 is 0. The van der Waals surface area contributed by atoms with Crippen molar-refractivity contribution in [1.29, 1.82) is 0 Å². The van der Waals surface area contributed by atoms with Gasteiger partial charge in [0.15, 0.2) is 6.10 Å². The number of hydrogen-bond donors (Lipinski definition) is 5. The zero-order chi connectivity index (χ0) is 19.3. The molecule has 5 N–H and O–H groups in total. The van der Waals surface area contributed by atoms with Gasteiger partial charge in [0, 0.05) is 11.7 Å². The van der Waals surface area contributed by atoms with E-state index in [-0.39, 0.29) is 12.1 Å². The van der Waals surface area contributed by atoms with Gasteiger partial charge in [-0.3, -0.25) is 0 Å². The van der Waals surface area contributed by atoms with Gasteiger partial charge < -0.3 is 26.4 Å². The van der Waals surface area contributed by atoms with E-state index >= 15 is 0 Å². The Morgan fingerprint density at radius 3 is 2.35 bits per heavy atom. The molecule has 0 unspecified atom stereocenters. The molecule has 1 aromatic carbocycles. The van der Waals surface area contributed by atoms with Crippen molar-refractivity contribution in [3.63, 3.8) is 0 Å². The maximum atomic E-state index is 12.2. The summed E-state index contributed by atoms with van der Waals surface area (Å²) in [6.45, 7) is 0.725. The number of amides is 4. The van der Waals surface area contributed by atoms with Crippen molar-refractivity contribution in [2.75, 3.05) is 11.9 Å². The van der Waals surface area contributed by atoms with Crippen LogP contribution in [-0.2, 0) is 0 Å². The minimum atomic E-state index is -4.78. The first-order chi connectivity index (χ1) is 12.1. The molecule has 0 radical (unpaired) electrons. The van der Waals surface area contributed by atoms with Gasteiger partial charge in [-0.05, 0) is 37.5 Å². The third kappa shape index (κ3) is 6.43. The molecule has 0 aromatic heterocycles. The van der Waals surface area contributed by atoms with Crippen LogP contribution in [0.15, 0.2) is 24.3 Å². The Morgan fingerprint density at radius 1 is 1.19 bits per heavy atom. The number of carbonyl (C=O) groups excluding carboxylic acids is 2. The fourth-order valence-electron chi connectivity index (χ4n) is 2.07. The molecule has 1 aliphatic rings. The van der Waals surface area contributed by atoms with Crippen LogP contribution in [0.2, 0.25) is 0 Å². The van der Waals surface area contributed by atoms with E-state index in [0.29, 0.717) is 11.3 Å². The summed E-state index contributed by atoms with van der Waals surface area (Å²) in [5.74, 6) is 0. The van der Waals surface area contributed by atoms with Crippen molar-refractivity contribution in [2.45, 2.75) is 44.1 Å². The van der Waals surface area contributed by atoms with Gasteiger partial charge in [0.2, 0.25) is 0 Å². The highest BCUT2D eigenvalue weighted by Gasteiger charge is 2.38. The molecule has 1 saturated carbocycles. The van der Waals surface area contributed by atoms with E-state index in [9.17, 15) is 22.8 Å². The van der Waals surface area contributed by atoms with Crippen LogP contribution in [0.5, 0.6) is 0 Å². The van der Waals surface area contributed by atoms with Crippen LogP contribution in [0.25, 0.3) is 0 Å². The van der Waals surface area contributed by atoms with E-state index < -0.39 is 30.9 Å². The molecular weight excluding hydrogens is 353 g/mol. The summed E-state index contributed by atoms with van der Waals surface area (Å²) in [5.41, 5.74) is 1.28. The molecular formula is C16H21F3N4O3. The molecule has 2 rings (SSSR count).